The van der Waals surface area contributed by atoms with E-state index >= 15 is 0 Å². The Labute approximate surface area is 152 Å². The first-order valence-electron chi connectivity index (χ1n) is 8.65. The van der Waals surface area contributed by atoms with Crippen molar-refractivity contribution < 1.29 is 14.8 Å². The van der Waals surface area contributed by atoms with E-state index in [2.05, 4.69) is 29.0 Å². The fourth-order valence-corrected chi connectivity index (χ4v) is 3.17. The van der Waals surface area contributed by atoms with Crippen molar-refractivity contribution in [3.05, 3.63) is 58.6 Å². The summed E-state index contributed by atoms with van der Waals surface area (Å²) >= 11 is 0. The number of nitro benzene ring substituents is 1. The van der Waals surface area contributed by atoms with Crippen molar-refractivity contribution in [1.29, 1.82) is 0 Å². The molecule has 0 radical (unpaired) electrons. The summed E-state index contributed by atoms with van der Waals surface area (Å²) in [5.74, 6) is 0.384. The van der Waals surface area contributed by atoms with Gasteiger partial charge >= 0.3 is 0 Å². The van der Waals surface area contributed by atoms with Gasteiger partial charge in [-0.3, -0.25) is 10.1 Å². The van der Waals surface area contributed by atoms with E-state index in [9.17, 15) is 15.2 Å². The van der Waals surface area contributed by atoms with Gasteiger partial charge in [0.05, 0.1) is 22.4 Å². The molecule has 0 fully saturated rings. The number of para-hydroxylation sites is 2. The smallest absolute Gasteiger partial charge is 0.273 e. The number of hydrogen-bond donors (Lipinski definition) is 1. The largest absolute Gasteiger partial charge is 0.491 e. The second kappa shape index (κ2) is 8.05. The molecule has 1 atom stereocenters. The lowest BCUT2D eigenvalue weighted by Crippen LogP contribution is -2.36. The number of ether oxygens (including phenoxy) is 1. The van der Waals surface area contributed by atoms with Crippen LogP contribution in [0.4, 0.5) is 17.1 Å². The Hall–Kier alpha value is -2.80. The molecule has 0 aromatic heterocycles. The zero-order valence-electron chi connectivity index (χ0n) is 14.7. The first-order valence-corrected chi connectivity index (χ1v) is 8.65. The van der Waals surface area contributed by atoms with Gasteiger partial charge in [0.2, 0.25) is 0 Å². The maximum atomic E-state index is 10.8. The van der Waals surface area contributed by atoms with Crippen molar-refractivity contribution in [3.8, 4) is 5.75 Å². The third kappa shape index (κ3) is 4.23. The fourth-order valence-electron chi connectivity index (χ4n) is 3.17. The van der Waals surface area contributed by atoms with Crippen molar-refractivity contribution in [3.63, 3.8) is 0 Å². The molecule has 1 heterocycles. The standard InChI is InChI=1S/C19H23N3O4/c1-20-10-5-11-21(19-9-3-2-8-18(19)20)13-16(23)14-26-17-7-4-6-15(12-17)22(24)25/h2-4,6-9,12,16,23H,5,10-11,13-14H2,1H3/t16-/m0/s1. The van der Waals surface area contributed by atoms with Crippen molar-refractivity contribution in [2.45, 2.75) is 12.5 Å². The van der Waals surface area contributed by atoms with Gasteiger partial charge in [0.15, 0.2) is 0 Å². The molecule has 2 aromatic rings. The zero-order chi connectivity index (χ0) is 18.5. The molecule has 7 heteroatoms. The summed E-state index contributed by atoms with van der Waals surface area (Å²) in [5.41, 5.74) is 2.22. The third-order valence-electron chi connectivity index (χ3n) is 4.46. The Balaban J connectivity index is 1.63. The summed E-state index contributed by atoms with van der Waals surface area (Å²) in [5, 5.41) is 21.2. The Morgan fingerprint density at radius 3 is 2.73 bits per heavy atom. The molecule has 0 saturated carbocycles. The number of anilines is 2. The molecular formula is C19H23N3O4. The van der Waals surface area contributed by atoms with Crippen LogP contribution in [0.5, 0.6) is 5.75 Å². The number of fused-ring (bicyclic) bond motifs is 1. The number of nitrogens with zero attached hydrogens (tertiary/aromatic N) is 3. The van der Waals surface area contributed by atoms with Gasteiger partial charge < -0.3 is 19.6 Å². The van der Waals surface area contributed by atoms with Crippen molar-refractivity contribution >= 4 is 17.1 Å². The molecule has 1 aliphatic rings. The highest BCUT2D eigenvalue weighted by molar-refractivity contribution is 5.71. The summed E-state index contributed by atoms with van der Waals surface area (Å²) in [6.45, 7) is 2.35. The maximum absolute atomic E-state index is 10.8. The molecule has 1 aliphatic heterocycles. The summed E-state index contributed by atoms with van der Waals surface area (Å²) in [6, 6.07) is 14.1. The number of non-ortho nitro benzene ring substituents is 1. The van der Waals surface area contributed by atoms with Gasteiger partial charge in [-0.15, -0.1) is 0 Å². The van der Waals surface area contributed by atoms with Gasteiger partial charge in [0, 0.05) is 32.7 Å². The highest BCUT2D eigenvalue weighted by Crippen LogP contribution is 2.31. The molecule has 26 heavy (non-hydrogen) atoms. The van der Waals surface area contributed by atoms with Crippen LogP contribution in [0.25, 0.3) is 0 Å². The second-order valence-electron chi connectivity index (χ2n) is 6.43. The van der Waals surface area contributed by atoms with E-state index in [-0.39, 0.29) is 12.3 Å². The first kappa shape index (κ1) is 18.0. The normalized spacial score (nSPS) is 15.2. The molecule has 2 aromatic carbocycles. The summed E-state index contributed by atoms with van der Waals surface area (Å²) < 4.78 is 5.55. The van der Waals surface area contributed by atoms with Gasteiger partial charge in [-0.05, 0) is 24.6 Å². The topological polar surface area (TPSA) is 79.1 Å². The molecule has 0 aliphatic carbocycles. The van der Waals surface area contributed by atoms with Crippen molar-refractivity contribution in [2.24, 2.45) is 0 Å². The number of aliphatic hydroxyl groups is 1. The fraction of sp³-hybridized carbons (Fsp3) is 0.368. The molecule has 0 amide bonds. The molecule has 3 rings (SSSR count). The minimum Gasteiger partial charge on any atom is -0.491 e. The number of hydrogen-bond acceptors (Lipinski definition) is 6. The number of rotatable bonds is 6. The van der Waals surface area contributed by atoms with E-state index < -0.39 is 11.0 Å². The van der Waals surface area contributed by atoms with E-state index in [0.717, 1.165) is 30.9 Å². The third-order valence-corrected chi connectivity index (χ3v) is 4.46. The van der Waals surface area contributed by atoms with Crippen LogP contribution in [-0.2, 0) is 0 Å². The Bertz CT molecular complexity index is 768. The van der Waals surface area contributed by atoms with Crippen LogP contribution < -0.4 is 14.5 Å². The maximum Gasteiger partial charge on any atom is 0.273 e. The highest BCUT2D eigenvalue weighted by atomic mass is 16.6. The Morgan fingerprint density at radius 2 is 1.96 bits per heavy atom. The lowest BCUT2D eigenvalue weighted by molar-refractivity contribution is -0.384. The van der Waals surface area contributed by atoms with Crippen LogP contribution in [0.1, 0.15) is 6.42 Å². The second-order valence-corrected chi connectivity index (χ2v) is 6.43. The lowest BCUT2D eigenvalue weighted by atomic mass is 10.2. The van der Waals surface area contributed by atoms with Gasteiger partial charge in [-0.25, -0.2) is 0 Å². The predicted octanol–water partition coefficient (Wildman–Crippen LogP) is 2.68. The van der Waals surface area contributed by atoms with E-state index in [1.165, 1.54) is 12.1 Å². The number of nitro groups is 1. The SMILES string of the molecule is CN1CCCN(C[C@H](O)COc2cccc([N+](=O)[O-])c2)c2ccccc21. The Kier molecular flexibility index (Phi) is 5.58. The Morgan fingerprint density at radius 1 is 1.19 bits per heavy atom. The van der Waals surface area contributed by atoms with E-state index in [1.54, 1.807) is 12.1 Å². The lowest BCUT2D eigenvalue weighted by Gasteiger charge is -2.28. The molecule has 138 valence electrons. The van der Waals surface area contributed by atoms with E-state index in [4.69, 9.17) is 4.74 Å². The minimum absolute atomic E-state index is 0.0264. The van der Waals surface area contributed by atoms with Crippen molar-refractivity contribution in [1.82, 2.24) is 0 Å². The molecule has 0 spiro atoms. The number of β-amino-alcohol motifs (C(OH)–C–C–N with tert-alkyl or cyclic N) is 1. The zero-order valence-corrected chi connectivity index (χ0v) is 14.7. The van der Waals surface area contributed by atoms with Gasteiger partial charge in [-0.2, -0.15) is 0 Å². The van der Waals surface area contributed by atoms with Crippen LogP contribution in [0.15, 0.2) is 48.5 Å². The monoisotopic (exact) mass is 357 g/mol. The molecular weight excluding hydrogens is 334 g/mol. The molecule has 1 N–H and O–H groups in total. The van der Waals surface area contributed by atoms with Crippen molar-refractivity contribution in [2.75, 3.05) is 43.1 Å². The van der Waals surface area contributed by atoms with Gasteiger partial charge in [0.1, 0.15) is 18.5 Å². The minimum atomic E-state index is -0.703. The van der Waals surface area contributed by atoms with Crippen LogP contribution >= 0.6 is 0 Å². The first-order chi connectivity index (χ1) is 12.5. The molecule has 0 unspecified atom stereocenters. The van der Waals surface area contributed by atoms with E-state index in [0.29, 0.717) is 12.3 Å². The number of benzene rings is 2. The molecule has 0 saturated heterocycles. The average molecular weight is 357 g/mol. The van der Waals surface area contributed by atoms with Crippen LogP contribution in [0, 0.1) is 10.1 Å². The quantitative estimate of drug-likeness (QED) is 0.632. The average Bonchev–Trinajstić information content (AvgIpc) is 2.80. The predicted molar refractivity (Wildman–Crippen MR) is 101 cm³/mol. The van der Waals surface area contributed by atoms with Crippen LogP contribution in [0.3, 0.4) is 0 Å². The van der Waals surface area contributed by atoms with E-state index in [1.807, 2.05) is 12.1 Å². The van der Waals surface area contributed by atoms with Gasteiger partial charge in [0.25, 0.3) is 5.69 Å². The summed E-state index contributed by atoms with van der Waals surface area (Å²) in [6.07, 6.45) is 0.301. The van der Waals surface area contributed by atoms with Crippen LogP contribution in [-0.4, -0.2) is 49.4 Å². The number of aliphatic hydroxyl groups excluding tert-OH is 1. The molecule has 0 bridgehead atoms. The van der Waals surface area contributed by atoms with Gasteiger partial charge in [-0.1, -0.05) is 18.2 Å². The summed E-state index contributed by atoms with van der Waals surface area (Å²) in [4.78, 5) is 14.7. The molecule has 7 nitrogen and oxygen atoms in total. The van der Waals surface area contributed by atoms with Crippen LogP contribution in [0.2, 0.25) is 0 Å². The highest BCUT2D eigenvalue weighted by Gasteiger charge is 2.20. The summed E-state index contributed by atoms with van der Waals surface area (Å²) in [7, 11) is 2.07.